The van der Waals surface area contributed by atoms with Crippen molar-refractivity contribution in [2.45, 2.75) is 0 Å². The number of carbonyl (C=O) groups is 1. The van der Waals surface area contributed by atoms with Crippen LogP contribution in [0.4, 0.5) is 11.5 Å². The van der Waals surface area contributed by atoms with Crippen molar-refractivity contribution in [1.29, 1.82) is 5.26 Å². The van der Waals surface area contributed by atoms with Crippen LogP contribution in [0, 0.1) is 11.3 Å². The number of rotatable bonds is 3. The molecule has 0 bridgehead atoms. The van der Waals surface area contributed by atoms with Gasteiger partial charge in [0.15, 0.2) is 5.82 Å². The molecular formula is C14H10ClN3O2. The number of anilines is 2. The van der Waals surface area contributed by atoms with Gasteiger partial charge >= 0.3 is 5.97 Å². The normalized spacial score (nSPS) is 9.85. The molecule has 1 N–H and O–H groups in total. The summed E-state index contributed by atoms with van der Waals surface area (Å²) < 4.78 is 0. The average molecular weight is 288 g/mol. The van der Waals surface area contributed by atoms with E-state index in [1.165, 1.54) is 12.3 Å². The summed E-state index contributed by atoms with van der Waals surface area (Å²) in [4.78, 5) is 16.6. The second kappa shape index (κ2) is 5.59. The molecule has 5 nitrogen and oxygen atoms in total. The van der Waals surface area contributed by atoms with Crippen molar-refractivity contribution in [2.24, 2.45) is 0 Å². The van der Waals surface area contributed by atoms with Crippen LogP contribution in [-0.4, -0.2) is 23.1 Å². The van der Waals surface area contributed by atoms with Gasteiger partial charge < -0.3 is 10.0 Å². The van der Waals surface area contributed by atoms with Crippen LogP contribution < -0.4 is 4.90 Å². The number of carboxylic acid groups (broad SMARTS) is 1. The maximum atomic E-state index is 10.8. The van der Waals surface area contributed by atoms with E-state index < -0.39 is 5.97 Å². The molecule has 0 aliphatic carbocycles. The minimum absolute atomic E-state index is 0.0342. The van der Waals surface area contributed by atoms with Gasteiger partial charge in [-0.05, 0) is 30.3 Å². The zero-order valence-electron chi connectivity index (χ0n) is 10.5. The molecule has 0 radical (unpaired) electrons. The third-order valence-corrected chi connectivity index (χ3v) is 3.05. The summed E-state index contributed by atoms with van der Waals surface area (Å²) in [6.45, 7) is 0. The van der Waals surface area contributed by atoms with Gasteiger partial charge in [-0.1, -0.05) is 11.6 Å². The van der Waals surface area contributed by atoms with Crippen LogP contribution in [0.5, 0.6) is 0 Å². The summed E-state index contributed by atoms with van der Waals surface area (Å²) in [7, 11) is 1.76. The second-order valence-electron chi connectivity index (χ2n) is 4.05. The predicted molar refractivity (Wildman–Crippen MR) is 75.4 cm³/mol. The number of pyridine rings is 1. The van der Waals surface area contributed by atoms with E-state index in [1.807, 2.05) is 6.07 Å². The standard InChI is InChI=1S/C14H10ClN3O2/c1-18(11-4-2-9(7-16)3-5-11)13-12(15)6-10(8-17-13)14(19)20/h2-6,8H,1H3,(H,19,20). The molecule has 2 rings (SSSR count). The van der Waals surface area contributed by atoms with Crippen molar-refractivity contribution in [3.8, 4) is 6.07 Å². The van der Waals surface area contributed by atoms with Crippen molar-refractivity contribution in [1.82, 2.24) is 4.98 Å². The number of carboxylic acids is 1. The van der Waals surface area contributed by atoms with Crippen molar-refractivity contribution in [2.75, 3.05) is 11.9 Å². The first-order valence-electron chi connectivity index (χ1n) is 5.65. The first kappa shape index (κ1) is 13.8. The average Bonchev–Trinajstić information content (AvgIpc) is 2.46. The summed E-state index contributed by atoms with van der Waals surface area (Å²) in [5.41, 5.74) is 1.39. The number of nitriles is 1. The summed E-state index contributed by atoms with van der Waals surface area (Å²) in [5.74, 6) is -0.631. The number of nitrogens with zero attached hydrogens (tertiary/aromatic N) is 3. The Balaban J connectivity index is 2.35. The Kier molecular flexibility index (Phi) is 3.87. The predicted octanol–water partition coefficient (Wildman–Crippen LogP) is 3.07. The van der Waals surface area contributed by atoms with Crippen LogP contribution in [0.25, 0.3) is 0 Å². The zero-order chi connectivity index (χ0) is 14.7. The Morgan fingerprint density at radius 1 is 1.40 bits per heavy atom. The Bertz CT molecular complexity index is 693. The quantitative estimate of drug-likeness (QED) is 0.938. The topological polar surface area (TPSA) is 77.2 Å². The number of aromatic nitrogens is 1. The molecule has 0 spiro atoms. The van der Waals surface area contributed by atoms with E-state index in [0.717, 1.165) is 5.69 Å². The maximum Gasteiger partial charge on any atom is 0.337 e. The molecule has 0 atom stereocenters. The minimum Gasteiger partial charge on any atom is -0.478 e. The molecule has 2 aromatic rings. The molecular weight excluding hydrogens is 278 g/mol. The molecule has 0 amide bonds. The number of halogens is 1. The minimum atomic E-state index is -1.08. The molecule has 0 aliphatic rings. The lowest BCUT2D eigenvalue weighted by atomic mass is 10.2. The fourth-order valence-corrected chi connectivity index (χ4v) is 1.97. The largest absolute Gasteiger partial charge is 0.478 e. The van der Waals surface area contributed by atoms with Gasteiger partial charge in [-0.2, -0.15) is 5.26 Å². The summed E-state index contributed by atoms with van der Waals surface area (Å²) in [6.07, 6.45) is 1.25. The van der Waals surface area contributed by atoms with Crippen molar-refractivity contribution < 1.29 is 9.90 Å². The van der Waals surface area contributed by atoms with E-state index in [2.05, 4.69) is 4.98 Å². The van der Waals surface area contributed by atoms with E-state index in [9.17, 15) is 4.79 Å². The monoisotopic (exact) mass is 287 g/mol. The molecule has 0 unspecified atom stereocenters. The SMILES string of the molecule is CN(c1ccc(C#N)cc1)c1ncc(C(=O)O)cc1Cl. The maximum absolute atomic E-state index is 10.8. The highest BCUT2D eigenvalue weighted by molar-refractivity contribution is 6.33. The van der Waals surface area contributed by atoms with Crippen LogP contribution in [-0.2, 0) is 0 Å². The third-order valence-electron chi connectivity index (χ3n) is 2.77. The Hall–Kier alpha value is -2.58. The summed E-state index contributed by atoms with van der Waals surface area (Å²) in [5, 5.41) is 17.9. The van der Waals surface area contributed by atoms with Gasteiger partial charge in [0.25, 0.3) is 0 Å². The number of hydrogen-bond acceptors (Lipinski definition) is 4. The Morgan fingerprint density at radius 3 is 2.55 bits per heavy atom. The van der Waals surface area contributed by atoms with Crippen LogP contribution in [0.15, 0.2) is 36.5 Å². The molecule has 6 heteroatoms. The van der Waals surface area contributed by atoms with E-state index in [1.54, 1.807) is 36.2 Å². The Morgan fingerprint density at radius 2 is 2.05 bits per heavy atom. The van der Waals surface area contributed by atoms with Crippen molar-refractivity contribution in [3.63, 3.8) is 0 Å². The van der Waals surface area contributed by atoms with Gasteiger partial charge in [0.1, 0.15) is 0 Å². The number of benzene rings is 1. The molecule has 1 aromatic heterocycles. The first-order valence-corrected chi connectivity index (χ1v) is 6.03. The van der Waals surface area contributed by atoms with Crippen molar-refractivity contribution in [3.05, 3.63) is 52.7 Å². The smallest absolute Gasteiger partial charge is 0.337 e. The molecule has 100 valence electrons. The van der Waals surface area contributed by atoms with Gasteiger partial charge in [-0.3, -0.25) is 0 Å². The summed E-state index contributed by atoms with van der Waals surface area (Å²) in [6, 6.07) is 10.3. The molecule has 0 saturated carbocycles. The second-order valence-corrected chi connectivity index (χ2v) is 4.46. The lowest BCUT2D eigenvalue weighted by molar-refractivity contribution is 0.0696. The van der Waals surface area contributed by atoms with E-state index in [0.29, 0.717) is 11.4 Å². The number of aromatic carboxylic acids is 1. The molecule has 20 heavy (non-hydrogen) atoms. The molecule has 0 saturated heterocycles. The lowest BCUT2D eigenvalue weighted by Crippen LogP contribution is -2.12. The lowest BCUT2D eigenvalue weighted by Gasteiger charge is -2.19. The van der Waals surface area contributed by atoms with Gasteiger partial charge in [0.05, 0.1) is 22.2 Å². The highest BCUT2D eigenvalue weighted by Crippen LogP contribution is 2.29. The molecule has 1 aromatic carbocycles. The number of hydrogen-bond donors (Lipinski definition) is 1. The van der Waals surface area contributed by atoms with Crippen molar-refractivity contribution >= 4 is 29.1 Å². The first-order chi connectivity index (χ1) is 9.52. The molecule has 0 aliphatic heterocycles. The highest BCUT2D eigenvalue weighted by atomic mass is 35.5. The van der Waals surface area contributed by atoms with Crippen LogP contribution in [0.2, 0.25) is 5.02 Å². The van der Waals surface area contributed by atoms with E-state index >= 15 is 0 Å². The summed E-state index contributed by atoms with van der Waals surface area (Å²) >= 11 is 6.06. The van der Waals surface area contributed by atoms with Gasteiger partial charge in [-0.25, -0.2) is 9.78 Å². The van der Waals surface area contributed by atoms with E-state index in [4.69, 9.17) is 22.0 Å². The van der Waals surface area contributed by atoms with Crippen LogP contribution >= 0.6 is 11.6 Å². The van der Waals surface area contributed by atoms with Gasteiger partial charge in [-0.15, -0.1) is 0 Å². The fraction of sp³-hybridized carbons (Fsp3) is 0.0714. The van der Waals surface area contributed by atoms with Crippen LogP contribution in [0.3, 0.4) is 0 Å². The third kappa shape index (κ3) is 2.71. The van der Waals surface area contributed by atoms with Gasteiger partial charge in [0.2, 0.25) is 0 Å². The molecule has 1 heterocycles. The van der Waals surface area contributed by atoms with E-state index in [-0.39, 0.29) is 10.6 Å². The zero-order valence-corrected chi connectivity index (χ0v) is 11.3. The molecule has 0 fully saturated rings. The van der Waals surface area contributed by atoms with Crippen LogP contribution in [0.1, 0.15) is 15.9 Å². The highest BCUT2D eigenvalue weighted by Gasteiger charge is 2.13. The van der Waals surface area contributed by atoms with Gasteiger partial charge in [0, 0.05) is 18.9 Å². The Labute approximate surface area is 120 Å². The fourth-order valence-electron chi connectivity index (χ4n) is 1.68.